The SMILES string of the molecule is CCCCCCCC(=O)Nc1ccc(-n2nc(OCC(C)C)nc2-c2ccccc2F)cc1. The van der Waals surface area contributed by atoms with Gasteiger partial charge in [0.05, 0.1) is 17.9 Å². The number of carbonyl (C=O) groups excluding carboxylic acids is 1. The van der Waals surface area contributed by atoms with E-state index in [0.29, 0.717) is 41.7 Å². The summed E-state index contributed by atoms with van der Waals surface area (Å²) in [5.74, 6) is 0.292. The zero-order valence-electron chi connectivity index (χ0n) is 19.7. The predicted molar refractivity (Wildman–Crippen MR) is 129 cm³/mol. The summed E-state index contributed by atoms with van der Waals surface area (Å²) in [7, 11) is 0. The lowest BCUT2D eigenvalue weighted by molar-refractivity contribution is -0.116. The van der Waals surface area contributed by atoms with E-state index in [4.69, 9.17) is 4.74 Å². The van der Waals surface area contributed by atoms with Crippen LogP contribution in [0.25, 0.3) is 17.1 Å². The van der Waals surface area contributed by atoms with Gasteiger partial charge in [0.2, 0.25) is 5.91 Å². The summed E-state index contributed by atoms with van der Waals surface area (Å²) in [5.41, 5.74) is 1.74. The lowest BCUT2D eigenvalue weighted by Gasteiger charge is -2.09. The van der Waals surface area contributed by atoms with Crippen molar-refractivity contribution in [2.24, 2.45) is 5.92 Å². The molecular formula is C26H33FN4O2. The quantitative estimate of drug-likeness (QED) is 0.323. The highest BCUT2D eigenvalue weighted by Gasteiger charge is 2.18. The Labute approximate surface area is 195 Å². The normalized spacial score (nSPS) is 11.1. The largest absolute Gasteiger partial charge is 0.462 e. The second-order valence-electron chi connectivity index (χ2n) is 8.57. The molecule has 3 rings (SSSR count). The van der Waals surface area contributed by atoms with Crippen molar-refractivity contribution < 1.29 is 13.9 Å². The number of hydrogen-bond donors (Lipinski definition) is 1. The third-order valence-electron chi connectivity index (χ3n) is 5.15. The van der Waals surface area contributed by atoms with Gasteiger partial charge in [-0.1, -0.05) is 58.6 Å². The van der Waals surface area contributed by atoms with Crippen LogP contribution in [0.4, 0.5) is 10.1 Å². The van der Waals surface area contributed by atoms with Crippen molar-refractivity contribution in [1.29, 1.82) is 0 Å². The molecule has 1 heterocycles. The second kappa shape index (κ2) is 12.1. The predicted octanol–water partition coefficient (Wildman–Crippen LogP) is 6.41. The molecule has 0 saturated heterocycles. The van der Waals surface area contributed by atoms with Gasteiger partial charge in [-0.2, -0.15) is 4.98 Å². The van der Waals surface area contributed by atoms with Gasteiger partial charge >= 0.3 is 6.01 Å². The van der Waals surface area contributed by atoms with E-state index < -0.39 is 0 Å². The van der Waals surface area contributed by atoms with E-state index in [-0.39, 0.29) is 17.7 Å². The van der Waals surface area contributed by atoms with Gasteiger partial charge in [-0.05, 0) is 48.7 Å². The summed E-state index contributed by atoms with van der Waals surface area (Å²) in [4.78, 5) is 16.6. The lowest BCUT2D eigenvalue weighted by Crippen LogP contribution is -2.11. The fourth-order valence-electron chi connectivity index (χ4n) is 3.39. The number of unbranched alkanes of at least 4 members (excludes halogenated alkanes) is 4. The topological polar surface area (TPSA) is 69.0 Å². The van der Waals surface area contributed by atoms with Crippen LogP contribution < -0.4 is 10.1 Å². The number of ether oxygens (including phenoxy) is 1. The number of benzene rings is 2. The van der Waals surface area contributed by atoms with Crippen molar-refractivity contribution in [3.63, 3.8) is 0 Å². The molecule has 0 fully saturated rings. The van der Waals surface area contributed by atoms with Gasteiger partial charge in [0.25, 0.3) is 0 Å². The van der Waals surface area contributed by atoms with Crippen LogP contribution in [0.5, 0.6) is 6.01 Å². The number of carbonyl (C=O) groups is 1. The molecule has 33 heavy (non-hydrogen) atoms. The van der Waals surface area contributed by atoms with E-state index in [9.17, 15) is 9.18 Å². The summed E-state index contributed by atoms with van der Waals surface area (Å²) in [6.45, 7) is 6.71. The van der Waals surface area contributed by atoms with Gasteiger partial charge < -0.3 is 10.1 Å². The highest BCUT2D eigenvalue weighted by Crippen LogP contribution is 2.26. The van der Waals surface area contributed by atoms with E-state index in [1.165, 1.54) is 25.3 Å². The number of nitrogens with zero attached hydrogens (tertiary/aromatic N) is 3. The van der Waals surface area contributed by atoms with Crippen molar-refractivity contribution in [3.05, 3.63) is 54.3 Å². The minimum absolute atomic E-state index is 0.0106. The van der Waals surface area contributed by atoms with Gasteiger partial charge in [0.1, 0.15) is 5.82 Å². The van der Waals surface area contributed by atoms with Crippen LogP contribution in [0.2, 0.25) is 0 Å². The molecule has 0 radical (unpaired) electrons. The van der Waals surface area contributed by atoms with E-state index >= 15 is 0 Å². The summed E-state index contributed by atoms with van der Waals surface area (Å²) in [5, 5.41) is 7.39. The van der Waals surface area contributed by atoms with Crippen molar-refractivity contribution in [1.82, 2.24) is 14.8 Å². The average molecular weight is 453 g/mol. The molecule has 6 nitrogen and oxygen atoms in total. The average Bonchev–Trinajstić information content (AvgIpc) is 3.22. The molecular weight excluding hydrogens is 419 g/mol. The summed E-state index contributed by atoms with van der Waals surface area (Å²) in [6.07, 6.45) is 6.06. The first-order valence-corrected chi connectivity index (χ1v) is 11.7. The first-order valence-electron chi connectivity index (χ1n) is 11.7. The number of anilines is 1. The fourth-order valence-corrected chi connectivity index (χ4v) is 3.39. The number of halogens is 1. The minimum atomic E-state index is -0.385. The third-order valence-corrected chi connectivity index (χ3v) is 5.15. The Morgan fingerprint density at radius 1 is 1.06 bits per heavy atom. The molecule has 0 atom stereocenters. The van der Waals surface area contributed by atoms with Gasteiger partial charge in [-0.3, -0.25) is 4.79 Å². The molecule has 1 aromatic heterocycles. The lowest BCUT2D eigenvalue weighted by atomic mass is 10.1. The van der Waals surface area contributed by atoms with E-state index in [1.807, 2.05) is 38.1 Å². The molecule has 0 aliphatic heterocycles. The summed E-state index contributed by atoms with van der Waals surface area (Å²) in [6, 6.07) is 13.9. The molecule has 1 amide bonds. The zero-order valence-corrected chi connectivity index (χ0v) is 19.7. The Morgan fingerprint density at radius 3 is 2.48 bits per heavy atom. The third kappa shape index (κ3) is 7.14. The molecule has 1 N–H and O–H groups in total. The van der Waals surface area contributed by atoms with Crippen LogP contribution in [0, 0.1) is 11.7 Å². The van der Waals surface area contributed by atoms with Crippen molar-refractivity contribution >= 4 is 11.6 Å². The first-order chi connectivity index (χ1) is 16.0. The van der Waals surface area contributed by atoms with E-state index in [1.54, 1.807) is 22.9 Å². The first kappa shape index (κ1) is 24.4. The minimum Gasteiger partial charge on any atom is -0.462 e. The fraction of sp³-hybridized carbons (Fsp3) is 0.423. The maximum atomic E-state index is 14.5. The maximum Gasteiger partial charge on any atom is 0.336 e. The van der Waals surface area contributed by atoms with Crippen LogP contribution in [0.1, 0.15) is 59.3 Å². The molecule has 0 bridgehead atoms. The van der Waals surface area contributed by atoms with Crippen LogP contribution in [0.3, 0.4) is 0 Å². The Balaban J connectivity index is 1.75. The summed E-state index contributed by atoms with van der Waals surface area (Å²) >= 11 is 0. The van der Waals surface area contributed by atoms with Gasteiger partial charge in [0, 0.05) is 12.1 Å². The molecule has 0 aliphatic rings. The Hall–Kier alpha value is -3.22. The standard InChI is InChI=1S/C26H33FN4O2/c1-4-5-6-7-8-13-24(32)28-20-14-16-21(17-15-20)31-25(22-11-9-10-12-23(22)27)29-26(30-31)33-18-19(2)3/h9-12,14-17,19H,4-8,13,18H2,1-3H3,(H,28,32). The molecule has 0 spiro atoms. The van der Waals surface area contributed by atoms with Crippen molar-refractivity contribution in [2.75, 3.05) is 11.9 Å². The van der Waals surface area contributed by atoms with Crippen LogP contribution >= 0.6 is 0 Å². The number of amides is 1. The van der Waals surface area contributed by atoms with E-state index in [0.717, 1.165) is 12.8 Å². The van der Waals surface area contributed by atoms with Crippen LogP contribution in [-0.2, 0) is 4.79 Å². The smallest absolute Gasteiger partial charge is 0.336 e. The summed E-state index contributed by atoms with van der Waals surface area (Å²) < 4.78 is 21.8. The molecule has 3 aromatic rings. The molecule has 0 aliphatic carbocycles. The number of rotatable bonds is 12. The monoisotopic (exact) mass is 452 g/mol. The highest BCUT2D eigenvalue weighted by atomic mass is 19.1. The Morgan fingerprint density at radius 2 is 1.79 bits per heavy atom. The van der Waals surface area contributed by atoms with Gasteiger partial charge in [-0.15, -0.1) is 5.10 Å². The zero-order chi connectivity index (χ0) is 23.6. The van der Waals surface area contributed by atoms with Crippen molar-refractivity contribution in [3.8, 4) is 23.1 Å². The Bertz CT molecular complexity index is 1030. The molecule has 2 aromatic carbocycles. The molecule has 176 valence electrons. The second-order valence-corrected chi connectivity index (χ2v) is 8.57. The van der Waals surface area contributed by atoms with Gasteiger partial charge in [0.15, 0.2) is 5.82 Å². The molecule has 0 unspecified atom stereocenters. The van der Waals surface area contributed by atoms with Crippen LogP contribution in [0.15, 0.2) is 48.5 Å². The highest BCUT2D eigenvalue weighted by molar-refractivity contribution is 5.90. The number of aromatic nitrogens is 3. The van der Waals surface area contributed by atoms with Crippen LogP contribution in [-0.4, -0.2) is 27.3 Å². The van der Waals surface area contributed by atoms with E-state index in [2.05, 4.69) is 22.3 Å². The van der Waals surface area contributed by atoms with Gasteiger partial charge in [-0.25, -0.2) is 9.07 Å². The maximum absolute atomic E-state index is 14.5. The van der Waals surface area contributed by atoms with Crippen molar-refractivity contribution in [2.45, 2.75) is 59.3 Å². The number of hydrogen-bond acceptors (Lipinski definition) is 4. The number of nitrogens with one attached hydrogen (secondary N) is 1. The molecule has 0 saturated carbocycles. The Kier molecular flexibility index (Phi) is 8.98. The molecule has 7 heteroatoms.